The van der Waals surface area contributed by atoms with E-state index in [1.54, 1.807) is 7.11 Å². The van der Waals surface area contributed by atoms with Gasteiger partial charge in [0.15, 0.2) is 5.79 Å². The van der Waals surface area contributed by atoms with Gasteiger partial charge in [-0.15, -0.1) is 6.58 Å². The molecule has 6 atom stereocenters. The van der Waals surface area contributed by atoms with Crippen molar-refractivity contribution in [2.45, 2.75) is 51.7 Å². The second kappa shape index (κ2) is 4.92. The average Bonchev–Trinajstić information content (AvgIpc) is 2.77. The Morgan fingerprint density at radius 1 is 1.43 bits per heavy atom. The monoisotopic (exact) mass is 292 g/mol. The third-order valence-electron chi connectivity index (χ3n) is 7.14. The number of ether oxygens (including phenoxy) is 2. The van der Waals surface area contributed by atoms with Crippen molar-refractivity contribution in [3.8, 4) is 0 Å². The predicted molar refractivity (Wildman–Crippen MR) is 81.7 cm³/mol. The van der Waals surface area contributed by atoms with Crippen molar-refractivity contribution >= 4 is 6.29 Å². The van der Waals surface area contributed by atoms with Crippen LogP contribution in [0.4, 0.5) is 0 Å². The molecule has 0 N–H and O–H groups in total. The zero-order chi connectivity index (χ0) is 15.3. The molecule has 21 heavy (non-hydrogen) atoms. The van der Waals surface area contributed by atoms with Crippen molar-refractivity contribution in [3.63, 3.8) is 0 Å². The normalized spacial score (nSPS) is 52.2. The molecule has 0 amide bonds. The molecule has 0 aromatic rings. The summed E-state index contributed by atoms with van der Waals surface area (Å²) in [7, 11) is 1.77. The van der Waals surface area contributed by atoms with E-state index in [1.807, 2.05) is 6.08 Å². The highest BCUT2D eigenvalue weighted by Crippen LogP contribution is 2.69. The van der Waals surface area contributed by atoms with Gasteiger partial charge in [-0.1, -0.05) is 26.3 Å². The second-order valence-electron chi connectivity index (χ2n) is 7.56. The summed E-state index contributed by atoms with van der Waals surface area (Å²) in [6.07, 6.45) is 8.20. The highest BCUT2D eigenvalue weighted by atomic mass is 16.7. The number of carbonyl (C=O) groups excluding carboxylic acids is 1. The van der Waals surface area contributed by atoms with E-state index in [4.69, 9.17) is 9.47 Å². The van der Waals surface area contributed by atoms with Crippen LogP contribution >= 0.6 is 0 Å². The molecule has 0 radical (unpaired) electrons. The lowest BCUT2D eigenvalue weighted by Gasteiger charge is -2.62. The van der Waals surface area contributed by atoms with E-state index in [0.29, 0.717) is 11.8 Å². The van der Waals surface area contributed by atoms with Crippen molar-refractivity contribution in [1.82, 2.24) is 0 Å². The highest BCUT2D eigenvalue weighted by molar-refractivity contribution is 5.62. The Morgan fingerprint density at radius 2 is 2.19 bits per heavy atom. The summed E-state index contributed by atoms with van der Waals surface area (Å²) in [5, 5.41) is 0. The molecule has 3 fully saturated rings. The van der Waals surface area contributed by atoms with Crippen LogP contribution in [-0.4, -0.2) is 25.8 Å². The minimum Gasteiger partial charge on any atom is -0.353 e. The number of allylic oxidation sites excluding steroid dienone is 1. The number of hydrogen-bond donors (Lipinski definition) is 0. The number of rotatable bonds is 4. The molecule has 0 aromatic heterocycles. The van der Waals surface area contributed by atoms with E-state index in [2.05, 4.69) is 20.4 Å². The molecule has 0 bridgehead atoms. The first-order valence-corrected chi connectivity index (χ1v) is 8.27. The minimum absolute atomic E-state index is 0.0591. The number of hydrogen-bond acceptors (Lipinski definition) is 3. The van der Waals surface area contributed by atoms with Crippen LogP contribution in [0.3, 0.4) is 0 Å². The van der Waals surface area contributed by atoms with Crippen LogP contribution < -0.4 is 0 Å². The number of methoxy groups -OCH3 is 1. The van der Waals surface area contributed by atoms with Crippen molar-refractivity contribution in [3.05, 3.63) is 12.7 Å². The van der Waals surface area contributed by atoms with E-state index in [0.717, 1.165) is 25.9 Å². The van der Waals surface area contributed by atoms with Gasteiger partial charge in [0, 0.05) is 24.4 Å². The van der Waals surface area contributed by atoms with Gasteiger partial charge < -0.3 is 14.3 Å². The molecule has 2 aliphatic carbocycles. The molecule has 3 rings (SSSR count). The van der Waals surface area contributed by atoms with Crippen molar-refractivity contribution in [2.75, 3.05) is 13.7 Å². The van der Waals surface area contributed by atoms with Crippen LogP contribution in [0.2, 0.25) is 0 Å². The lowest BCUT2D eigenvalue weighted by Crippen LogP contribution is -2.64. The van der Waals surface area contributed by atoms with Crippen LogP contribution in [0.15, 0.2) is 12.7 Å². The van der Waals surface area contributed by atoms with Crippen LogP contribution in [0.25, 0.3) is 0 Å². The van der Waals surface area contributed by atoms with Gasteiger partial charge in [-0.2, -0.15) is 0 Å². The second-order valence-corrected chi connectivity index (χ2v) is 7.56. The molecule has 1 heterocycles. The van der Waals surface area contributed by atoms with Gasteiger partial charge >= 0.3 is 0 Å². The molecular formula is C18H28O3. The Bertz CT molecular complexity index is 448. The Kier molecular flexibility index (Phi) is 3.57. The zero-order valence-corrected chi connectivity index (χ0v) is 13.6. The Morgan fingerprint density at radius 3 is 2.81 bits per heavy atom. The molecule has 0 aromatic carbocycles. The molecule has 1 saturated heterocycles. The van der Waals surface area contributed by atoms with Gasteiger partial charge in [0.1, 0.15) is 6.29 Å². The topological polar surface area (TPSA) is 35.5 Å². The largest absolute Gasteiger partial charge is 0.353 e. The molecule has 1 aliphatic heterocycles. The van der Waals surface area contributed by atoms with Crippen molar-refractivity contribution in [2.24, 2.45) is 28.6 Å². The van der Waals surface area contributed by atoms with Gasteiger partial charge in [-0.25, -0.2) is 0 Å². The summed E-state index contributed by atoms with van der Waals surface area (Å²) in [5.41, 5.74) is -0.360. The van der Waals surface area contributed by atoms with Crippen LogP contribution in [-0.2, 0) is 14.3 Å². The molecule has 0 spiro atoms. The van der Waals surface area contributed by atoms with Gasteiger partial charge in [0.2, 0.25) is 0 Å². The lowest BCUT2D eigenvalue weighted by molar-refractivity contribution is -0.304. The summed E-state index contributed by atoms with van der Waals surface area (Å²) in [6.45, 7) is 9.18. The van der Waals surface area contributed by atoms with Gasteiger partial charge in [-0.3, -0.25) is 0 Å². The number of carbonyl (C=O) groups is 1. The minimum atomic E-state index is -0.504. The fourth-order valence-electron chi connectivity index (χ4n) is 5.92. The lowest BCUT2D eigenvalue weighted by atomic mass is 9.43. The summed E-state index contributed by atoms with van der Waals surface area (Å²) in [5.74, 6) is 0.580. The van der Waals surface area contributed by atoms with E-state index >= 15 is 0 Å². The summed E-state index contributed by atoms with van der Waals surface area (Å²) in [6, 6.07) is 0. The van der Waals surface area contributed by atoms with Crippen LogP contribution in [0.5, 0.6) is 0 Å². The van der Waals surface area contributed by atoms with E-state index < -0.39 is 5.79 Å². The molecule has 2 saturated carbocycles. The summed E-state index contributed by atoms with van der Waals surface area (Å²) in [4.78, 5) is 12.2. The molecule has 3 heteroatoms. The summed E-state index contributed by atoms with van der Waals surface area (Å²) < 4.78 is 12.2. The highest BCUT2D eigenvalue weighted by Gasteiger charge is 2.71. The van der Waals surface area contributed by atoms with Crippen LogP contribution in [0.1, 0.15) is 46.0 Å². The fourth-order valence-corrected chi connectivity index (χ4v) is 5.92. The van der Waals surface area contributed by atoms with Crippen molar-refractivity contribution < 1.29 is 14.3 Å². The number of aldehydes is 1. The standard InChI is InChI=1S/C18H28O3/c1-5-9-17(12-19)13(2)10-18(20-4)16(3)14(11-21-18)7-6-8-15(16)17/h5,12-15H,1,6-11H2,2-4H3/t13-,14-,15+,16+,17-,18-/m1/s1. The molecule has 3 nitrogen and oxygen atoms in total. The quantitative estimate of drug-likeness (QED) is 0.587. The maximum absolute atomic E-state index is 12.2. The van der Waals surface area contributed by atoms with E-state index in [-0.39, 0.29) is 16.7 Å². The average molecular weight is 292 g/mol. The van der Waals surface area contributed by atoms with E-state index in [1.165, 1.54) is 19.1 Å². The Labute approximate surface area is 128 Å². The molecular weight excluding hydrogens is 264 g/mol. The van der Waals surface area contributed by atoms with Crippen LogP contribution in [0, 0.1) is 28.6 Å². The first-order valence-electron chi connectivity index (χ1n) is 8.27. The fraction of sp³-hybridized carbons (Fsp3) is 0.833. The zero-order valence-electron chi connectivity index (χ0n) is 13.6. The Balaban J connectivity index is 2.14. The van der Waals surface area contributed by atoms with Gasteiger partial charge in [0.05, 0.1) is 6.61 Å². The maximum atomic E-state index is 12.2. The van der Waals surface area contributed by atoms with Crippen molar-refractivity contribution in [1.29, 1.82) is 0 Å². The maximum Gasteiger partial charge on any atom is 0.174 e. The third kappa shape index (κ3) is 1.65. The first kappa shape index (κ1) is 15.2. The SMILES string of the molecule is C=CC[C@@]1(C=O)[C@H](C)C[C@@]2(OC)OC[C@H]3CCC[C@H]1[C@]32C. The molecule has 3 aliphatic rings. The Hall–Kier alpha value is -0.670. The van der Waals surface area contributed by atoms with E-state index in [9.17, 15) is 4.79 Å². The third-order valence-corrected chi connectivity index (χ3v) is 7.14. The van der Waals surface area contributed by atoms with Gasteiger partial charge in [0.25, 0.3) is 0 Å². The predicted octanol–water partition coefficient (Wildman–Crippen LogP) is 3.58. The van der Waals surface area contributed by atoms with Gasteiger partial charge in [-0.05, 0) is 37.0 Å². The molecule has 0 unspecified atom stereocenters. The molecule has 118 valence electrons. The smallest absolute Gasteiger partial charge is 0.174 e. The summed E-state index contributed by atoms with van der Waals surface area (Å²) >= 11 is 0. The first-order chi connectivity index (χ1) is 10.0.